The number of halogens is 4. The maximum Gasteiger partial charge on any atom is 0.416 e. The Morgan fingerprint density at radius 2 is 1.82 bits per heavy atom. The lowest BCUT2D eigenvalue weighted by atomic mass is 10.1. The molecule has 0 radical (unpaired) electrons. The summed E-state index contributed by atoms with van der Waals surface area (Å²) in [5.74, 6) is -0.561. The van der Waals surface area contributed by atoms with E-state index in [1.807, 2.05) is 0 Å². The van der Waals surface area contributed by atoms with Crippen LogP contribution in [0.25, 0.3) is 10.6 Å². The highest BCUT2D eigenvalue weighted by molar-refractivity contribution is 7.13. The van der Waals surface area contributed by atoms with Crippen LogP contribution in [0, 0.1) is 12.7 Å². The summed E-state index contributed by atoms with van der Waals surface area (Å²) in [6.07, 6.45) is -4.38. The molecule has 0 spiro atoms. The molecule has 0 saturated heterocycles. The van der Waals surface area contributed by atoms with Crippen LogP contribution >= 0.6 is 11.3 Å². The summed E-state index contributed by atoms with van der Waals surface area (Å²) in [7, 11) is 0. The summed E-state index contributed by atoms with van der Waals surface area (Å²) in [4.78, 5) is 16.8. The van der Waals surface area contributed by atoms with E-state index >= 15 is 0 Å². The molecule has 174 valence electrons. The molecule has 0 fully saturated rings. The van der Waals surface area contributed by atoms with E-state index in [-0.39, 0.29) is 18.0 Å². The molecule has 0 aliphatic carbocycles. The van der Waals surface area contributed by atoms with Crippen LogP contribution in [0.4, 0.5) is 23.2 Å². The van der Waals surface area contributed by atoms with E-state index in [9.17, 15) is 22.4 Å². The maximum atomic E-state index is 13.9. The van der Waals surface area contributed by atoms with E-state index in [2.05, 4.69) is 10.3 Å². The van der Waals surface area contributed by atoms with Crippen LogP contribution in [-0.2, 0) is 12.8 Å². The second kappa shape index (κ2) is 9.64. The molecule has 1 aromatic heterocycles. The predicted molar refractivity (Wildman–Crippen MR) is 122 cm³/mol. The fourth-order valence-corrected chi connectivity index (χ4v) is 3.90. The predicted octanol–water partition coefficient (Wildman–Crippen LogP) is 7.11. The monoisotopic (exact) mass is 486 g/mol. The number of carbonyl (C=O) groups excluding carboxylic acids is 1. The van der Waals surface area contributed by atoms with Crippen molar-refractivity contribution in [3.8, 4) is 16.3 Å². The molecular weight excluding hydrogens is 468 g/mol. The Kier molecular flexibility index (Phi) is 6.65. The third kappa shape index (κ3) is 5.60. The lowest BCUT2D eigenvalue weighted by Gasteiger charge is -2.09. The summed E-state index contributed by atoms with van der Waals surface area (Å²) >= 11 is 1.25. The van der Waals surface area contributed by atoms with Crippen LogP contribution in [0.1, 0.15) is 27.2 Å². The van der Waals surface area contributed by atoms with E-state index in [0.717, 1.165) is 17.7 Å². The van der Waals surface area contributed by atoms with Gasteiger partial charge in [0.1, 0.15) is 28.9 Å². The molecule has 4 rings (SSSR count). The van der Waals surface area contributed by atoms with E-state index in [1.165, 1.54) is 35.6 Å². The lowest BCUT2D eigenvalue weighted by molar-refractivity contribution is -0.137. The standard InChI is InChI=1S/C25H18F4N2O2S/c1-15-5-10-20(26)21(11-15)30-23(32)22-14-34-24(31-22)17-3-2-4-19(12-17)33-13-16-6-8-18(9-7-16)25(27,28)29/h2-12,14H,13H2,1H3,(H,30,32). The number of benzene rings is 3. The normalized spacial score (nSPS) is 11.3. The van der Waals surface area contributed by atoms with Gasteiger partial charge in [-0.25, -0.2) is 9.37 Å². The number of anilines is 1. The SMILES string of the molecule is Cc1ccc(F)c(NC(=O)c2csc(-c3cccc(OCc4ccc(C(F)(F)F)cc4)c3)n2)c1. The molecule has 1 amide bonds. The van der Waals surface area contributed by atoms with Gasteiger partial charge in [-0.1, -0.05) is 30.3 Å². The molecule has 1 N–H and O–H groups in total. The lowest BCUT2D eigenvalue weighted by Crippen LogP contribution is -2.13. The van der Waals surface area contributed by atoms with Gasteiger partial charge in [0.2, 0.25) is 0 Å². The van der Waals surface area contributed by atoms with E-state index in [1.54, 1.807) is 42.6 Å². The number of aromatic nitrogens is 1. The number of carbonyl (C=O) groups is 1. The van der Waals surface area contributed by atoms with Crippen molar-refractivity contribution < 1.29 is 27.1 Å². The van der Waals surface area contributed by atoms with Crippen molar-refractivity contribution in [3.63, 3.8) is 0 Å². The Balaban J connectivity index is 1.43. The van der Waals surface area contributed by atoms with Gasteiger partial charge in [0, 0.05) is 10.9 Å². The fraction of sp³-hybridized carbons (Fsp3) is 0.120. The van der Waals surface area contributed by atoms with Crippen LogP contribution in [0.3, 0.4) is 0 Å². The van der Waals surface area contributed by atoms with Crippen molar-refractivity contribution in [2.75, 3.05) is 5.32 Å². The van der Waals surface area contributed by atoms with Crippen molar-refractivity contribution in [1.29, 1.82) is 0 Å². The second-order valence-electron chi connectivity index (χ2n) is 7.49. The van der Waals surface area contributed by atoms with Gasteiger partial charge in [-0.05, 0) is 54.4 Å². The number of alkyl halides is 3. The van der Waals surface area contributed by atoms with E-state index in [0.29, 0.717) is 21.9 Å². The van der Waals surface area contributed by atoms with Crippen molar-refractivity contribution in [2.45, 2.75) is 19.7 Å². The van der Waals surface area contributed by atoms with Crippen molar-refractivity contribution in [1.82, 2.24) is 4.98 Å². The van der Waals surface area contributed by atoms with Gasteiger partial charge < -0.3 is 10.1 Å². The Morgan fingerprint density at radius 3 is 2.56 bits per heavy atom. The quantitative estimate of drug-likeness (QED) is 0.296. The molecule has 0 bridgehead atoms. The number of rotatable bonds is 6. The van der Waals surface area contributed by atoms with Gasteiger partial charge in [-0.15, -0.1) is 11.3 Å². The van der Waals surface area contributed by atoms with Crippen LogP contribution in [0.15, 0.2) is 72.1 Å². The second-order valence-corrected chi connectivity index (χ2v) is 8.34. The number of ether oxygens (including phenoxy) is 1. The first-order chi connectivity index (χ1) is 16.2. The third-order valence-corrected chi connectivity index (χ3v) is 5.77. The molecule has 34 heavy (non-hydrogen) atoms. The molecule has 3 aromatic carbocycles. The van der Waals surface area contributed by atoms with Crippen molar-refractivity contribution in [2.24, 2.45) is 0 Å². The molecular formula is C25H18F4N2O2S. The molecule has 0 unspecified atom stereocenters. The smallest absolute Gasteiger partial charge is 0.416 e. The van der Waals surface area contributed by atoms with Gasteiger partial charge in [0.05, 0.1) is 11.3 Å². The number of hydrogen-bond acceptors (Lipinski definition) is 4. The zero-order valence-electron chi connectivity index (χ0n) is 17.8. The average molecular weight is 486 g/mol. The zero-order valence-corrected chi connectivity index (χ0v) is 18.6. The summed E-state index contributed by atoms with van der Waals surface area (Å²) in [6.45, 7) is 1.89. The summed E-state index contributed by atoms with van der Waals surface area (Å²) in [5.41, 5.74) is 1.62. The van der Waals surface area contributed by atoms with E-state index in [4.69, 9.17) is 4.74 Å². The van der Waals surface area contributed by atoms with Crippen molar-refractivity contribution >= 4 is 22.9 Å². The molecule has 1 heterocycles. The Morgan fingerprint density at radius 1 is 1.06 bits per heavy atom. The molecule has 0 aliphatic heterocycles. The first-order valence-electron chi connectivity index (χ1n) is 10.1. The summed E-state index contributed by atoms with van der Waals surface area (Å²) < 4.78 is 57.7. The average Bonchev–Trinajstić information content (AvgIpc) is 3.31. The molecule has 0 atom stereocenters. The minimum Gasteiger partial charge on any atom is -0.489 e. The van der Waals surface area contributed by atoms with Gasteiger partial charge in [0.15, 0.2) is 0 Å². The highest BCUT2D eigenvalue weighted by Crippen LogP contribution is 2.30. The molecule has 4 nitrogen and oxygen atoms in total. The Bertz CT molecular complexity index is 1320. The highest BCUT2D eigenvalue weighted by Gasteiger charge is 2.29. The highest BCUT2D eigenvalue weighted by atomic mass is 32.1. The first-order valence-corrected chi connectivity index (χ1v) is 11.0. The summed E-state index contributed by atoms with van der Waals surface area (Å²) in [6, 6.07) is 16.2. The van der Waals surface area contributed by atoms with Crippen LogP contribution in [0.2, 0.25) is 0 Å². The first kappa shape index (κ1) is 23.4. The van der Waals surface area contributed by atoms with Crippen LogP contribution in [-0.4, -0.2) is 10.9 Å². The molecule has 0 aliphatic rings. The largest absolute Gasteiger partial charge is 0.489 e. The Hall–Kier alpha value is -3.72. The number of nitrogens with zero attached hydrogens (tertiary/aromatic N) is 1. The molecule has 0 saturated carbocycles. The minimum atomic E-state index is -4.38. The van der Waals surface area contributed by atoms with Gasteiger partial charge in [-0.2, -0.15) is 13.2 Å². The number of thiazole rings is 1. The third-order valence-electron chi connectivity index (χ3n) is 4.87. The van der Waals surface area contributed by atoms with Gasteiger partial charge in [-0.3, -0.25) is 4.79 Å². The van der Waals surface area contributed by atoms with Crippen molar-refractivity contribution in [3.05, 3.63) is 100 Å². The number of hydrogen-bond donors (Lipinski definition) is 1. The van der Waals surface area contributed by atoms with E-state index < -0.39 is 23.5 Å². The van der Waals surface area contributed by atoms with Crippen LogP contribution in [0.5, 0.6) is 5.75 Å². The Labute approximate surface area is 196 Å². The minimum absolute atomic E-state index is 0.0817. The van der Waals surface area contributed by atoms with Gasteiger partial charge in [0.25, 0.3) is 5.91 Å². The van der Waals surface area contributed by atoms with Gasteiger partial charge >= 0.3 is 6.18 Å². The topological polar surface area (TPSA) is 51.2 Å². The number of aryl methyl sites for hydroxylation is 1. The maximum absolute atomic E-state index is 13.9. The zero-order chi connectivity index (χ0) is 24.3. The van der Waals surface area contributed by atoms with Crippen LogP contribution < -0.4 is 10.1 Å². The molecule has 9 heteroatoms. The fourth-order valence-electron chi connectivity index (χ4n) is 3.11. The summed E-state index contributed by atoms with van der Waals surface area (Å²) in [5, 5.41) is 4.67. The number of amides is 1. The number of nitrogens with one attached hydrogen (secondary N) is 1. The molecule has 4 aromatic rings.